The second-order valence-electron chi connectivity index (χ2n) is 4.02. The molecule has 0 unspecified atom stereocenters. The number of hydrogen-bond donors (Lipinski definition) is 0. The van der Waals surface area contributed by atoms with Crippen LogP contribution >= 0.6 is 11.8 Å². The Bertz CT molecular complexity index is 670. The zero-order valence-electron chi connectivity index (χ0n) is 9.64. The number of nitrogens with zero attached hydrogens (tertiary/aromatic N) is 1. The van der Waals surface area contributed by atoms with Crippen LogP contribution in [0.4, 0.5) is 0 Å². The minimum Gasteiger partial charge on any atom is -0.308 e. The molecule has 86 valence electrons. The Labute approximate surface area is 104 Å². The summed E-state index contributed by atoms with van der Waals surface area (Å²) in [6.07, 6.45) is 4.02. The average molecular weight is 243 g/mol. The van der Waals surface area contributed by atoms with Gasteiger partial charge >= 0.3 is 0 Å². The third-order valence-corrected chi connectivity index (χ3v) is 4.17. The summed E-state index contributed by atoms with van der Waals surface area (Å²) in [4.78, 5) is 13.5. The second kappa shape index (κ2) is 4.08. The fraction of sp³-hybridized carbons (Fsp3) is 0.214. The highest BCUT2D eigenvalue weighted by molar-refractivity contribution is 7.99. The topological polar surface area (TPSA) is 22.0 Å². The van der Waals surface area contributed by atoms with Gasteiger partial charge in [0.2, 0.25) is 0 Å². The normalized spacial score (nSPS) is 13.9. The molecule has 0 fully saturated rings. The van der Waals surface area contributed by atoms with E-state index in [9.17, 15) is 4.79 Å². The third kappa shape index (κ3) is 1.53. The zero-order valence-corrected chi connectivity index (χ0v) is 10.5. The summed E-state index contributed by atoms with van der Waals surface area (Å²) in [5.41, 5.74) is 2.02. The van der Waals surface area contributed by atoms with Crippen LogP contribution in [0.5, 0.6) is 0 Å². The maximum Gasteiger partial charge on any atom is 0.259 e. The Kier molecular flexibility index (Phi) is 2.56. The van der Waals surface area contributed by atoms with Gasteiger partial charge in [-0.25, -0.2) is 0 Å². The van der Waals surface area contributed by atoms with Crippen LogP contribution in [-0.2, 0) is 6.54 Å². The van der Waals surface area contributed by atoms with Gasteiger partial charge in [0.25, 0.3) is 5.56 Å². The van der Waals surface area contributed by atoms with E-state index in [0.29, 0.717) is 6.54 Å². The Balaban J connectivity index is 2.53. The largest absolute Gasteiger partial charge is 0.308 e. The summed E-state index contributed by atoms with van der Waals surface area (Å²) in [6.45, 7) is 2.73. The lowest BCUT2D eigenvalue weighted by atomic mass is 10.1. The lowest BCUT2D eigenvalue weighted by molar-refractivity contribution is 0.754. The van der Waals surface area contributed by atoms with Crippen LogP contribution < -0.4 is 5.56 Å². The Morgan fingerprint density at radius 1 is 1.35 bits per heavy atom. The van der Waals surface area contributed by atoms with E-state index in [-0.39, 0.29) is 5.56 Å². The number of rotatable bonds is 1. The fourth-order valence-corrected chi connectivity index (χ4v) is 3.31. The molecule has 1 aliphatic heterocycles. The number of thioether (sulfide) groups is 1. The predicted molar refractivity (Wildman–Crippen MR) is 73.6 cm³/mol. The van der Waals surface area contributed by atoms with Crippen molar-refractivity contribution >= 4 is 28.7 Å². The van der Waals surface area contributed by atoms with E-state index in [2.05, 4.69) is 12.1 Å². The van der Waals surface area contributed by atoms with E-state index in [1.54, 1.807) is 11.8 Å². The van der Waals surface area contributed by atoms with Crippen LogP contribution in [0.3, 0.4) is 0 Å². The lowest BCUT2D eigenvalue weighted by Gasteiger charge is -2.16. The van der Waals surface area contributed by atoms with E-state index in [1.807, 2.05) is 35.8 Å². The van der Waals surface area contributed by atoms with E-state index >= 15 is 0 Å². The number of fused-ring (bicyclic) bond motifs is 3. The molecule has 0 amide bonds. The lowest BCUT2D eigenvalue weighted by Crippen LogP contribution is -2.23. The van der Waals surface area contributed by atoms with Crippen LogP contribution in [0.15, 0.2) is 40.0 Å². The van der Waals surface area contributed by atoms with Crippen molar-refractivity contribution in [2.24, 2.45) is 0 Å². The molecular formula is C14H13NOS. The molecule has 1 aromatic carbocycles. The summed E-state index contributed by atoms with van der Waals surface area (Å²) >= 11 is 1.75. The molecular weight excluding hydrogens is 230 g/mol. The SMILES string of the molecule is CCn1c(=O)c2c(c3ccccc31)SCC=C2. The molecule has 2 heterocycles. The minimum absolute atomic E-state index is 0.129. The quantitative estimate of drug-likeness (QED) is 0.767. The van der Waals surface area contributed by atoms with Crippen molar-refractivity contribution in [1.82, 2.24) is 4.57 Å². The van der Waals surface area contributed by atoms with Crippen molar-refractivity contribution in [2.75, 3.05) is 5.75 Å². The highest BCUT2D eigenvalue weighted by atomic mass is 32.2. The second-order valence-corrected chi connectivity index (χ2v) is 5.05. The molecule has 2 nitrogen and oxygen atoms in total. The zero-order chi connectivity index (χ0) is 11.8. The predicted octanol–water partition coefficient (Wildman–Crippen LogP) is 3.14. The summed E-state index contributed by atoms with van der Waals surface area (Å²) in [5.74, 6) is 0.951. The van der Waals surface area contributed by atoms with Crippen molar-refractivity contribution in [3.8, 4) is 0 Å². The smallest absolute Gasteiger partial charge is 0.259 e. The molecule has 0 N–H and O–H groups in total. The van der Waals surface area contributed by atoms with Gasteiger partial charge in [0.1, 0.15) is 0 Å². The molecule has 1 aliphatic rings. The highest BCUT2D eigenvalue weighted by Crippen LogP contribution is 2.33. The van der Waals surface area contributed by atoms with Crippen molar-refractivity contribution in [2.45, 2.75) is 18.4 Å². The summed E-state index contributed by atoms with van der Waals surface area (Å²) < 4.78 is 1.85. The summed E-state index contributed by atoms with van der Waals surface area (Å²) in [5, 5.41) is 1.19. The average Bonchev–Trinajstić information content (AvgIpc) is 2.40. The van der Waals surface area contributed by atoms with Crippen LogP contribution in [0.2, 0.25) is 0 Å². The van der Waals surface area contributed by atoms with Crippen LogP contribution in [0.25, 0.3) is 17.0 Å². The van der Waals surface area contributed by atoms with Gasteiger partial charge in [-0.2, -0.15) is 0 Å². The van der Waals surface area contributed by atoms with Crippen LogP contribution in [-0.4, -0.2) is 10.3 Å². The molecule has 17 heavy (non-hydrogen) atoms. The third-order valence-electron chi connectivity index (χ3n) is 3.08. The number of aryl methyl sites for hydroxylation is 1. The first-order valence-electron chi connectivity index (χ1n) is 5.78. The monoisotopic (exact) mass is 243 g/mol. The van der Waals surface area contributed by atoms with Crippen LogP contribution in [0.1, 0.15) is 12.5 Å². The molecule has 0 spiro atoms. The first-order chi connectivity index (χ1) is 8.33. The number of aromatic nitrogens is 1. The van der Waals surface area contributed by atoms with Gasteiger partial charge in [0.15, 0.2) is 0 Å². The molecule has 1 aromatic heterocycles. The first-order valence-corrected chi connectivity index (χ1v) is 6.76. The molecule has 0 aliphatic carbocycles. The Morgan fingerprint density at radius 3 is 3.00 bits per heavy atom. The summed E-state index contributed by atoms with van der Waals surface area (Å²) in [7, 11) is 0. The molecule has 0 saturated carbocycles. The van der Waals surface area contributed by atoms with E-state index in [1.165, 1.54) is 5.39 Å². The first kappa shape index (κ1) is 10.7. The summed E-state index contributed by atoms with van der Waals surface area (Å²) in [6, 6.07) is 8.15. The number of hydrogen-bond acceptors (Lipinski definition) is 2. The minimum atomic E-state index is 0.129. The number of benzene rings is 1. The number of pyridine rings is 1. The standard InChI is InChI=1S/C14H13NOS/c1-2-15-12-8-4-3-6-10(12)13-11(14(15)16)7-5-9-17-13/h3-8H,2,9H2,1H3. The molecule has 3 heteroatoms. The van der Waals surface area contributed by atoms with Crippen molar-refractivity contribution in [3.63, 3.8) is 0 Å². The van der Waals surface area contributed by atoms with E-state index in [0.717, 1.165) is 21.7 Å². The van der Waals surface area contributed by atoms with Crippen LogP contribution in [0, 0.1) is 0 Å². The number of para-hydroxylation sites is 1. The fourth-order valence-electron chi connectivity index (χ4n) is 2.31. The van der Waals surface area contributed by atoms with Gasteiger partial charge in [-0.05, 0) is 13.0 Å². The Morgan fingerprint density at radius 2 is 2.18 bits per heavy atom. The molecule has 0 radical (unpaired) electrons. The van der Waals surface area contributed by atoms with Gasteiger partial charge < -0.3 is 4.57 Å². The maximum atomic E-state index is 12.4. The molecule has 0 bridgehead atoms. The highest BCUT2D eigenvalue weighted by Gasteiger charge is 2.15. The van der Waals surface area contributed by atoms with Crippen molar-refractivity contribution in [1.29, 1.82) is 0 Å². The van der Waals surface area contributed by atoms with Gasteiger partial charge in [0, 0.05) is 22.6 Å². The Hall–Kier alpha value is -1.48. The molecule has 3 rings (SSSR count). The van der Waals surface area contributed by atoms with Crippen molar-refractivity contribution in [3.05, 3.63) is 46.3 Å². The van der Waals surface area contributed by atoms with Gasteiger partial charge in [-0.15, -0.1) is 11.8 Å². The molecule has 2 aromatic rings. The maximum absolute atomic E-state index is 12.4. The van der Waals surface area contributed by atoms with E-state index in [4.69, 9.17) is 0 Å². The van der Waals surface area contributed by atoms with Gasteiger partial charge in [0.05, 0.1) is 11.1 Å². The molecule has 0 saturated heterocycles. The van der Waals surface area contributed by atoms with Gasteiger partial charge in [-0.3, -0.25) is 4.79 Å². The van der Waals surface area contributed by atoms with Crippen molar-refractivity contribution < 1.29 is 0 Å². The van der Waals surface area contributed by atoms with Gasteiger partial charge in [-0.1, -0.05) is 30.4 Å². The van der Waals surface area contributed by atoms with E-state index < -0.39 is 0 Å². The molecule has 0 atom stereocenters.